The van der Waals surface area contributed by atoms with Crippen molar-refractivity contribution in [3.05, 3.63) is 35.1 Å². The summed E-state index contributed by atoms with van der Waals surface area (Å²) in [5, 5.41) is 14.4. The topological polar surface area (TPSA) is 107 Å². The molecule has 3 rings (SSSR count). The quantitative estimate of drug-likeness (QED) is 0.432. The molecule has 1 aromatic heterocycles. The Labute approximate surface area is 177 Å². The third-order valence-electron chi connectivity index (χ3n) is 4.02. The summed E-state index contributed by atoms with van der Waals surface area (Å²) in [6.07, 6.45) is 2.05. The number of para-hydroxylation sites is 1. The molecule has 9 nitrogen and oxygen atoms in total. The van der Waals surface area contributed by atoms with E-state index in [1.807, 2.05) is 16.7 Å². The lowest BCUT2D eigenvalue weighted by molar-refractivity contribution is -0.117. The van der Waals surface area contributed by atoms with Gasteiger partial charge >= 0.3 is 6.03 Å². The number of nitrogens with zero attached hydrogens (tertiary/aromatic N) is 3. The van der Waals surface area contributed by atoms with Crippen LogP contribution in [0.4, 0.5) is 4.79 Å². The maximum Gasteiger partial charge on any atom is 0.321 e. The molecule has 1 saturated carbocycles. The Bertz CT molecular complexity index is 859. The molecular formula is C18H22ClN5O4S. The van der Waals surface area contributed by atoms with Gasteiger partial charge in [0.15, 0.2) is 11.0 Å². The van der Waals surface area contributed by atoms with Crippen LogP contribution in [-0.2, 0) is 16.1 Å². The van der Waals surface area contributed by atoms with Crippen molar-refractivity contribution in [2.75, 3.05) is 26.0 Å². The van der Waals surface area contributed by atoms with Crippen LogP contribution in [-0.4, -0.2) is 52.7 Å². The van der Waals surface area contributed by atoms with Crippen molar-refractivity contribution in [1.29, 1.82) is 0 Å². The molecule has 2 N–H and O–H groups in total. The van der Waals surface area contributed by atoms with Crippen molar-refractivity contribution in [1.82, 2.24) is 25.4 Å². The Hall–Kier alpha value is -2.30. The number of urea groups is 1. The number of halogens is 1. The molecule has 1 fully saturated rings. The van der Waals surface area contributed by atoms with Gasteiger partial charge in [0.05, 0.1) is 17.4 Å². The Balaban J connectivity index is 1.54. The fourth-order valence-corrected chi connectivity index (χ4v) is 3.53. The standard InChI is InChI=1S/C18H22ClN5O4S/c1-27-9-8-20-17(26)21-16(25)11-29-18-23-22-15(24(18)12-6-7-12)10-28-14-5-3-2-4-13(14)19/h2-5,12H,6-11H2,1H3,(H2,20,21,25,26). The van der Waals surface area contributed by atoms with E-state index in [1.54, 1.807) is 12.1 Å². The van der Waals surface area contributed by atoms with Crippen LogP contribution in [0.3, 0.4) is 0 Å². The number of carbonyl (C=O) groups excluding carboxylic acids is 2. The monoisotopic (exact) mass is 439 g/mol. The molecular weight excluding hydrogens is 418 g/mol. The van der Waals surface area contributed by atoms with E-state index in [1.165, 1.54) is 18.9 Å². The number of hydrogen-bond acceptors (Lipinski definition) is 7. The lowest BCUT2D eigenvalue weighted by Crippen LogP contribution is -2.41. The van der Waals surface area contributed by atoms with Crippen molar-refractivity contribution in [2.24, 2.45) is 0 Å². The van der Waals surface area contributed by atoms with Crippen LogP contribution in [0.1, 0.15) is 24.7 Å². The summed E-state index contributed by atoms with van der Waals surface area (Å²) >= 11 is 7.35. The van der Waals surface area contributed by atoms with E-state index in [2.05, 4.69) is 20.8 Å². The van der Waals surface area contributed by atoms with E-state index >= 15 is 0 Å². The zero-order chi connectivity index (χ0) is 20.6. The predicted octanol–water partition coefficient (Wildman–Crippen LogP) is 2.41. The number of nitrogens with one attached hydrogen (secondary N) is 2. The van der Waals surface area contributed by atoms with Gasteiger partial charge in [0.25, 0.3) is 0 Å². The van der Waals surface area contributed by atoms with Crippen LogP contribution in [0.5, 0.6) is 5.75 Å². The fourth-order valence-electron chi connectivity index (χ4n) is 2.51. The Morgan fingerprint density at radius 1 is 1.31 bits per heavy atom. The minimum Gasteiger partial charge on any atom is -0.484 e. The Kier molecular flexibility index (Phi) is 7.73. The lowest BCUT2D eigenvalue weighted by atomic mass is 10.3. The van der Waals surface area contributed by atoms with Crippen LogP contribution in [0.2, 0.25) is 5.02 Å². The molecule has 0 aliphatic heterocycles. The molecule has 0 spiro atoms. The van der Waals surface area contributed by atoms with Gasteiger partial charge in [-0.1, -0.05) is 35.5 Å². The van der Waals surface area contributed by atoms with Crippen LogP contribution >= 0.6 is 23.4 Å². The van der Waals surface area contributed by atoms with Crippen molar-refractivity contribution in [3.63, 3.8) is 0 Å². The van der Waals surface area contributed by atoms with E-state index in [4.69, 9.17) is 21.1 Å². The van der Waals surface area contributed by atoms with Gasteiger partial charge in [-0.05, 0) is 25.0 Å². The van der Waals surface area contributed by atoms with Gasteiger partial charge in [0, 0.05) is 19.7 Å². The summed E-state index contributed by atoms with van der Waals surface area (Å²) in [6, 6.07) is 6.98. The highest BCUT2D eigenvalue weighted by molar-refractivity contribution is 7.99. The maximum absolute atomic E-state index is 12.0. The SMILES string of the molecule is COCCNC(=O)NC(=O)CSc1nnc(COc2ccccc2Cl)n1C1CC1. The van der Waals surface area contributed by atoms with E-state index in [0.29, 0.717) is 40.9 Å². The molecule has 2 aromatic rings. The molecule has 0 unspecified atom stereocenters. The Morgan fingerprint density at radius 3 is 2.83 bits per heavy atom. The highest BCUT2D eigenvalue weighted by Gasteiger charge is 2.30. The third kappa shape index (κ3) is 6.34. The lowest BCUT2D eigenvalue weighted by Gasteiger charge is -2.11. The number of thioether (sulfide) groups is 1. The van der Waals surface area contributed by atoms with E-state index < -0.39 is 11.9 Å². The summed E-state index contributed by atoms with van der Waals surface area (Å²) in [6.45, 7) is 0.926. The highest BCUT2D eigenvalue weighted by atomic mass is 35.5. The molecule has 1 aliphatic carbocycles. The van der Waals surface area contributed by atoms with Gasteiger partial charge in [-0.15, -0.1) is 10.2 Å². The average molecular weight is 440 g/mol. The second-order valence-electron chi connectivity index (χ2n) is 6.30. The summed E-state index contributed by atoms with van der Waals surface area (Å²) in [4.78, 5) is 23.6. The van der Waals surface area contributed by atoms with E-state index in [9.17, 15) is 9.59 Å². The van der Waals surface area contributed by atoms with Crippen molar-refractivity contribution in [3.8, 4) is 5.75 Å². The number of rotatable bonds is 10. The molecule has 0 radical (unpaired) electrons. The Morgan fingerprint density at radius 2 is 2.10 bits per heavy atom. The number of ether oxygens (including phenoxy) is 2. The van der Waals surface area contributed by atoms with Crippen LogP contribution in [0, 0.1) is 0 Å². The van der Waals surface area contributed by atoms with E-state index in [-0.39, 0.29) is 12.4 Å². The molecule has 3 amide bonds. The molecule has 0 saturated heterocycles. The molecule has 1 aliphatic rings. The van der Waals surface area contributed by atoms with Gasteiger partial charge in [-0.25, -0.2) is 4.79 Å². The molecule has 1 heterocycles. The second kappa shape index (κ2) is 10.5. The maximum atomic E-state index is 12.0. The third-order valence-corrected chi connectivity index (χ3v) is 5.27. The van der Waals surface area contributed by atoms with Gasteiger partial charge in [-0.3, -0.25) is 14.7 Å². The predicted molar refractivity (Wildman–Crippen MR) is 108 cm³/mol. The normalized spacial score (nSPS) is 13.2. The van der Waals surface area contributed by atoms with Gasteiger partial charge < -0.3 is 14.8 Å². The first-order valence-corrected chi connectivity index (χ1v) is 10.5. The first-order chi connectivity index (χ1) is 14.1. The van der Waals surface area contributed by atoms with Crippen LogP contribution in [0.15, 0.2) is 29.4 Å². The van der Waals surface area contributed by atoms with Crippen molar-refractivity contribution < 1.29 is 19.1 Å². The summed E-state index contributed by atoms with van der Waals surface area (Å²) in [5.41, 5.74) is 0. The number of imide groups is 1. The summed E-state index contributed by atoms with van der Waals surface area (Å²) < 4.78 is 12.6. The number of hydrogen-bond donors (Lipinski definition) is 2. The van der Waals surface area contributed by atoms with E-state index in [0.717, 1.165) is 12.8 Å². The molecule has 11 heteroatoms. The minimum atomic E-state index is -0.551. The average Bonchev–Trinajstić information content (AvgIpc) is 3.46. The number of methoxy groups -OCH3 is 1. The minimum absolute atomic E-state index is 0.0495. The molecule has 0 atom stereocenters. The molecule has 0 bridgehead atoms. The smallest absolute Gasteiger partial charge is 0.321 e. The zero-order valence-corrected chi connectivity index (χ0v) is 17.5. The highest BCUT2D eigenvalue weighted by Crippen LogP contribution is 2.39. The number of amides is 3. The van der Waals surface area contributed by atoms with Crippen molar-refractivity contribution in [2.45, 2.75) is 30.6 Å². The molecule has 1 aromatic carbocycles. The first-order valence-electron chi connectivity index (χ1n) is 9.09. The number of benzene rings is 1. The first kappa shape index (κ1) is 21.4. The van der Waals surface area contributed by atoms with Gasteiger partial charge in [0.2, 0.25) is 5.91 Å². The zero-order valence-electron chi connectivity index (χ0n) is 15.9. The summed E-state index contributed by atoms with van der Waals surface area (Å²) in [7, 11) is 1.53. The largest absolute Gasteiger partial charge is 0.484 e. The number of carbonyl (C=O) groups is 2. The van der Waals surface area contributed by atoms with Gasteiger partial charge in [0.1, 0.15) is 12.4 Å². The second-order valence-corrected chi connectivity index (χ2v) is 7.65. The molecule has 29 heavy (non-hydrogen) atoms. The van der Waals surface area contributed by atoms with Crippen LogP contribution < -0.4 is 15.4 Å². The van der Waals surface area contributed by atoms with Crippen molar-refractivity contribution >= 4 is 35.3 Å². The summed E-state index contributed by atoms with van der Waals surface area (Å²) in [5.74, 6) is 0.887. The van der Waals surface area contributed by atoms with Gasteiger partial charge in [-0.2, -0.15) is 0 Å². The molecule has 156 valence electrons. The van der Waals surface area contributed by atoms with Crippen LogP contribution in [0.25, 0.3) is 0 Å². The fraction of sp³-hybridized carbons (Fsp3) is 0.444. The number of aromatic nitrogens is 3.